The highest BCUT2D eigenvalue weighted by Gasteiger charge is 2.35. The van der Waals surface area contributed by atoms with Gasteiger partial charge in [-0.2, -0.15) is 0 Å². The van der Waals surface area contributed by atoms with Gasteiger partial charge in [-0.3, -0.25) is 4.90 Å². The van der Waals surface area contributed by atoms with E-state index in [1.54, 1.807) is 0 Å². The standard InChI is InChI=1S/C15H22Cl2N2/c1-4-15(3)10-18-11(2)8-19(15)9-12-5-6-13(16)7-14(12)17/h5-7,11,18H,4,8-10H2,1-3H3. The fourth-order valence-corrected chi connectivity index (χ4v) is 3.05. The van der Waals surface area contributed by atoms with Gasteiger partial charge in [-0.1, -0.05) is 36.2 Å². The molecule has 1 aliphatic rings. The van der Waals surface area contributed by atoms with E-state index < -0.39 is 0 Å². The molecular formula is C15H22Cl2N2. The first-order valence-electron chi connectivity index (χ1n) is 6.87. The Bertz CT molecular complexity index is 450. The minimum Gasteiger partial charge on any atom is -0.311 e. The molecule has 19 heavy (non-hydrogen) atoms. The van der Waals surface area contributed by atoms with E-state index in [1.807, 2.05) is 18.2 Å². The topological polar surface area (TPSA) is 15.3 Å². The second-order valence-electron chi connectivity index (χ2n) is 5.75. The van der Waals surface area contributed by atoms with Crippen molar-refractivity contribution in [2.75, 3.05) is 13.1 Å². The Morgan fingerprint density at radius 2 is 2.16 bits per heavy atom. The van der Waals surface area contributed by atoms with Gasteiger partial charge < -0.3 is 5.32 Å². The summed E-state index contributed by atoms with van der Waals surface area (Å²) in [6.45, 7) is 9.74. The van der Waals surface area contributed by atoms with Crippen LogP contribution in [0.2, 0.25) is 10.0 Å². The highest BCUT2D eigenvalue weighted by atomic mass is 35.5. The van der Waals surface area contributed by atoms with Gasteiger partial charge in [0.2, 0.25) is 0 Å². The highest BCUT2D eigenvalue weighted by Crippen LogP contribution is 2.28. The summed E-state index contributed by atoms with van der Waals surface area (Å²) in [6.07, 6.45) is 1.12. The summed E-state index contributed by atoms with van der Waals surface area (Å²) in [5.74, 6) is 0. The molecule has 1 N–H and O–H groups in total. The van der Waals surface area contributed by atoms with E-state index in [-0.39, 0.29) is 5.54 Å². The summed E-state index contributed by atoms with van der Waals surface area (Å²) in [5.41, 5.74) is 1.34. The molecule has 106 valence electrons. The molecule has 0 amide bonds. The SMILES string of the molecule is CCC1(C)CNC(C)CN1Cc1ccc(Cl)cc1Cl. The van der Waals surface area contributed by atoms with Crippen LogP contribution in [0.3, 0.4) is 0 Å². The fraction of sp³-hybridized carbons (Fsp3) is 0.600. The summed E-state index contributed by atoms with van der Waals surface area (Å²) < 4.78 is 0. The zero-order chi connectivity index (χ0) is 14.0. The minimum atomic E-state index is 0.190. The molecule has 1 heterocycles. The van der Waals surface area contributed by atoms with Crippen molar-refractivity contribution in [2.24, 2.45) is 0 Å². The number of halogens is 2. The van der Waals surface area contributed by atoms with Crippen molar-refractivity contribution < 1.29 is 0 Å². The van der Waals surface area contributed by atoms with Crippen molar-refractivity contribution >= 4 is 23.2 Å². The quantitative estimate of drug-likeness (QED) is 0.909. The number of benzene rings is 1. The molecule has 2 rings (SSSR count). The molecule has 0 spiro atoms. The van der Waals surface area contributed by atoms with Crippen molar-refractivity contribution in [3.8, 4) is 0 Å². The lowest BCUT2D eigenvalue weighted by Gasteiger charge is -2.47. The molecule has 2 unspecified atom stereocenters. The van der Waals surface area contributed by atoms with Crippen LogP contribution in [0, 0.1) is 0 Å². The van der Waals surface area contributed by atoms with Crippen LogP contribution < -0.4 is 5.32 Å². The van der Waals surface area contributed by atoms with Crippen LogP contribution in [0.4, 0.5) is 0 Å². The maximum atomic E-state index is 6.29. The molecule has 2 atom stereocenters. The predicted octanol–water partition coefficient (Wildman–Crippen LogP) is 3.96. The van der Waals surface area contributed by atoms with Crippen molar-refractivity contribution in [3.05, 3.63) is 33.8 Å². The van der Waals surface area contributed by atoms with E-state index in [1.165, 1.54) is 0 Å². The third-order valence-corrected chi connectivity index (χ3v) is 4.81. The van der Waals surface area contributed by atoms with E-state index >= 15 is 0 Å². The van der Waals surface area contributed by atoms with Crippen molar-refractivity contribution in [1.82, 2.24) is 10.2 Å². The molecule has 0 aromatic heterocycles. The summed E-state index contributed by atoms with van der Waals surface area (Å²) in [6, 6.07) is 6.30. The van der Waals surface area contributed by atoms with Gasteiger partial charge in [0.1, 0.15) is 0 Å². The lowest BCUT2D eigenvalue weighted by Crippen LogP contribution is -2.61. The maximum Gasteiger partial charge on any atom is 0.0465 e. The van der Waals surface area contributed by atoms with Gasteiger partial charge in [0.25, 0.3) is 0 Å². The van der Waals surface area contributed by atoms with Crippen molar-refractivity contribution in [2.45, 2.75) is 45.3 Å². The van der Waals surface area contributed by atoms with Crippen LogP contribution in [0.5, 0.6) is 0 Å². The molecule has 0 saturated carbocycles. The van der Waals surface area contributed by atoms with Crippen molar-refractivity contribution in [3.63, 3.8) is 0 Å². The molecule has 1 aromatic rings. The van der Waals surface area contributed by atoms with Crippen LogP contribution in [0.1, 0.15) is 32.8 Å². The summed E-state index contributed by atoms with van der Waals surface area (Å²) >= 11 is 12.3. The Balaban J connectivity index is 2.19. The number of nitrogens with one attached hydrogen (secondary N) is 1. The van der Waals surface area contributed by atoms with Crippen LogP contribution in [0.25, 0.3) is 0 Å². The number of hydrogen-bond donors (Lipinski definition) is 1. The van der Waals surface area contributed by atoms with Gasteiger partial charge in [0, 0.05) is 41.3 Å². The molecule has 0 radical (unpaired) electrons. The normalized spacial score (nSPS) is 28.6. The van der Waals surface area contributed by atoms with Crippen LogP contribution in [-0.4, -0.2) is 29.6 Å². The Labute approximate surface area is 126 Å². The van der Waals surface area contributed by atoms with E-state index in [9.17, 15) is 0 Å². The van der Waals surface area contributed by atoms with Gasteiger partial charge in [0.05, 0.1) is 0 Å². The van der Waals surface area contributed by atoms with E-state index in [0.29, 0.717) is 11.1 Å². The summed E-state index contributed by atoms with van der Waals surface area (Å²) in [7, 11) is 0. The molecule has 1 saturated heterocycles. The van der Waals surface area contributed by atoms with E-state index in [0.717, 1.165) is 36.6 Å². The number of hydrogen-bond acceptors (Lipinski definition) is 2. The largest absolute Gasteiger partial charge is 0.311 e. The average Bonchev–Trinajstić information content (AvgIpc) is 2.37. The molecule has 2 nitrogen and oxygen atoms in total. The highest BCUT2D eigenvalue weighted by molar-refractivity contribution is 6.35. The Morgan fingerprint density at radius 3 is 2.79 bits per heavy atom. The van der Waals surface area contributed by atoms with E-state index in [2.05, 4.69) is 31.0 Å². The molecule has 4 heteroatoms. The Hall–Kier alpha value is -0.280. The average molecular weight is 301 g/mol. The zero-order valence-corrected chi connectivity index (χ0v) is 13.4. The minimum absolute atomic E-state index is 0.190. The molecule has 1 aliphatic heterocycles. The van der Waals surface area contributed by atoms with E-state index in [4.69, 9.17) is 23.2 Å². The van der Waals surface area contributed by atoms with Gasteiger partial charge in [0.15, 0.2) is 0 Å². The lowest BCUT2D eigenvalue weighted by atomic mass is 9.91. The molecule has 1 fully saturated rings. The second-order valence-corrected chi connectivity index (χ2v) is 6.59. The predicted molar refractivity (Wildman–Crippen MR) is 83.0 cm³/mol. The monoisotopic (exact) mass is 300 g/mol. The summed E-state index contributed by atoms with van der Waals surface area (Å²) in [5, 5.41) is 5.02. The number of piperazine rings is 1. The van der Waals surface area contributed by atoms with Crippen molar-refractivity contribution in [1.29, 1.82) is 0 Å². The first-order chi connectivity index (χ1) is 8.94. The summed E-state index contributed by atoms with van der Waals surface area (Å²) in [4.78, 5) is 2.53. The molecular weight excluding hydrogens is 279 g/mol. The van der Waals surface area contributed by atoms with Gasteiger partial charge in [-0.15, -0.1) is 0 Å². The van der Waals surface area contributed by atoms with Gasteiger partial charge >= 0.3 is 0 Å². The van der Waals surface area contributed by atoms with Crippen LogP contribution >= 0.6 is 23.2 Å². The smallest absolute Gasteiger partial charge is 0.0465 e. The zero-order valence-electron chi connectivity index (χ0n) is 11.8. The second kappa shape index (κ2) is 6.01. The maximum absolute atomic E-state index is 6.29. The first-order valence-corrected chi connectivity index (χ1v) is 7.62. The molecule has 1 aromatic carbocycles. The fourth-order valence-electron chi connectivity index (χ4n) is 2.58. The van der Waals surface area contributed by atoms with Crippen LogP contribution in [0.15, 0.2) is 18.2 Å². The third-order valence-electron chi connectivity index (χ3n) is 4.23. The lowest BCUT2D eigenvalue weighted by molar-refractivity contribution is 0.0453. The molecule has 0 bridgehead atoms. The van der Waals surface area contributed by atoms with Crippen LogP contribution in [-0.2, 0) is 6.54 Å². The molecule has 0 aliphatic carbocycles. The Morgan fingerprint density at radius 1 is 1.42 bits per heavy atom. The number of rotatable bonds is 3. The van der Waals surface area contributed by atoms with Gasteiger partial charge in [-0.05, 0) is 38.0 Å². The Kier molecular flexibility index (Phi) is 4.78. The number of nitrogens with zero attached hydrogens (tertiary/aromatic N) is 1. The van der Waals surface area contributed by atoms with Gasteiger partial charge in [-0.25, -0.2) is 0 Å². The third kappa shape index (κ3) is 3.43. The first kappa shape index (κ1) is 15.1.